The summed E-state index contributed by atoms with van der Waals surface area (Å²) in [4.78, 5) is 39.2. The predicted octanol–water partition coefficient (Wildman–Crippen LogP) is 2.80. The summed E-state index contributed by atoms with van der Waals surface area (Å²) in [5.41, 5.74) is 1.02. The highest BCUT2D eigenvalue weighted by Crippen LogP contribution is 2.32. The molecule has 1 atom stereocenters. The van der Waals surface area contributed by atoms with Crippen molar-refractivity contribution >= 4 is 23.4 Å². The van der Waals surface area contributed by atoms with Crippen molar-refractivity contribution < 1.29 is 14.4 Å². The predicted molar refractivity (Wildman–Crippen MR) is 104 cm³/mol. The summed E-state index contributed by atoms with van der Waals surface area (Å²) in [6.45, 7) is 5.25. The molecule has 3 amide bonds. The van der Waals surface area contributed by atoms with E-state index in [2.05, 4.69) is 10.6 Å². The van der Waals surface area contributed by atoms with Crippen molar-refractivity contribution in [2.75, 3.05) is 18.4 Å². The summed E-state index contributed by atoms with van der Waals surface area (Å²) >= 11 is 0. The topological polar surface area (TPSA) is 78.5 Å². The summed E-state index contributed by atoms with van der Waals surface area (Å²) in [7, 11) is 0. The van der Waals surface area contributed by atoms with Gasteiger partial charge in [-0.15, -0.1) is 0 Å². The van der Waals surface area contributed by atoms with Gasteiger partial charge in [-0.2, -0.15) is 0 Å². The van der Waals surface area contributed by atoms with E-state index in [-0.39, 0.29) is 35.6 Å². The highest BCUT2D eigenvalue weighted by molar-refractivity contribution is 6.04. The third-order valence-electron chi connectivity index (χ3n) is 5.52. The number of hydrogen-bond donors (Lipinski definition) is 2. The van der Waals surface area contributed by atoms with Crippen LogP contribution in [0.15, 0.2) is 24.3 Å². The minimum atomic E-state index is -0.176. The molecule has 0 radical (unpaired) electrons. The third-order valence-corrected chi connectivity index (χ3v) is 5.52. The zero-order valence-corrected chi connectivity index (χ0v) is 16.2. The Morgan fingerprint density at radius 1 is 1.07 bits per heavy atom. The minimum Gasteiger partial charge on any atom is -0.350 e. The maximum absolute atomic E-state index is 12.7. The van der Waals surface area contributed by atoms with Gasteiger partial charge in [-0.05, 0) is 51.2 Å². The highest BCUT2D eigenvalue weighted by atomic mass is 16.2. The minimum absolute atomic E-state index is 0.0719. The standard InChI is InChI=1S/C21H29N3O3/c1-3-14(2)22-20(26)17-6-4-5-7-18(17)23-19(25)15-10-12-24(13-11-15)21(27)16-8-9-16/h4-7,14-16H,3,8-13H2,1-2H3,(H,22,26)(H,23,25)/t14-/m0/s1. The summed E-state index contributed by atoms with van der Waals surface area (Å²) in [6, 6.07) is 7.17. The molecule has 2 aliphatic rings. The van der Waals surface area contributed by atoms with Gasteiger partial charge in [0.05, 0.1) is 11.3 Å². The van der Waals surface area contributed by atoms with Crippen molar-refractivity contribution in [1.82, 2.24) is 10.2 Å². The summed E-state index contributed by atoms with van der Waals surface area (Å²) in [6.07, 6.45) is 4.21. The van der Waals surface area contributed by atoms with Crippen LogP contribution in [-0.4, -0.2) is 41.8 Å². The second-order valence-corrected chi connectivity index (χ2v) is 7.69. The molecule has 3 rings (SSSR count). The van der Waals surface area contributed by atoms with Crippen molar-refractivity contribution in [3.8, 4) is 0 Å². The monoisotopic (exact) mass is 371 g/mol. The van der Waals surface area contributed by atoms with Gasteiger partial charge < -0.3 is 15.5 Å². The second-order valence-electron chi connectivity index (χ2n) is 7.69. The number of amides is 3. The Balaban J connectivity index is 1.58. The van der Waals surface area contributed by atoms with E-state index in [0.29, 0.717) is 37.2 Å². The molecule has 2 fully saturated rings. The molecule has 27 heavy (non-hydrogen) atoms. The fourth-order valence-corrected chi connectivity index (χ4v) is 3.38. The first-order valence-corrected chi connectivity index (χ1v) is 9.99. The van der Waals surface area contributed by atoms with Gasteiger partial charge in [0.2, 0.25) is 11.8 Å². The van der Waals surface area contributed by atoms with Crippen LogP contribution in [0.3, 0.4) is 0 Å². The molecule has 0 unspecified atom stereocenters. The molecule has 1 aliphatic heterocycles. The molecule has 1 aromatic rings. The lowest BCUT2D eigenvalue weighted by Crippen LogP contribution is -2.42. The van der Waals surface area contributed by atoms with Gasteiger partial charge in [-0.3, -0.25) is 14.4 Å². The van der Waals surface area contributed by atoms with Gasteiger partial charge in [0, 0.05) is 31.0 Å². The lowest BCUT2D eigenvalue weighted by atomic mass is 9.95. The lowest BCUT2D eigenvalue weighted by molar-refractivity contribution is -0.135. The van der Waals surface area contributed by atoms with E-state index in [0.717, 1.165) is 19.3 Å². The Hall–Kier alpha value is -2.37. The molecule has 146 valence electrons. The molecule has 1 aromatic carbocycles. The van der Waals surface area contributed by atoms with Crippen LogP contribution in [0.1, 0.15) is 56.3 Å². The Bertz CT molecular complexity index is 706. The molecule has 1 saturated heterocycles. The second kappa shape index (κ2) is 8.55. The lowest BCUT2D eigenvalue weighted by Gasteiger charge is -2.31. The van der Waals surface area contributed by atoms with Crippen LogP contribution in [0.25, 0.3) is 0 Å². The molecule has 6 heteroatoms. The number of likely N-dealkylation sites (tertiary alicyclic amines) is 1. The van der Waals surface area contributed by atoms with E-state index in [1.165, 1.54) is 0 Å². The van der Waals surface area contributed by atoms with Crippen molar-refractivity contribution in [2.45, 2.75) is 52.0 Å². The molecule has 6 nitrogen and oxygen atoms in total. The number of para-hydroxylation sites is 1. The van der Waals surface area contributed by atoms with Gasteiger partial charge in [0.1, 0.15) is 0 Å². The van der Waals surface area contributed by atoms with Gasteiger partial charge in [0.25, 0.3) is 5.91 Å². The van der Waals surface area contributed by atoms with E-state index < -0.39 is 0 Å². The number of rotatable bonds is 6. The normalized spacial score (nSPS) is 18.7. The van der Waals surface area contributed by atoms with Crippen LogP contribution in [0.2, 0.25) is 0 Å². The van der Waals surface area contributed by atoms with Crippen LogP contribution < -0.4 is 10.6 Å². The fourth-order valence-electron chi connectivity index (χ4n) is 3.38. The first-order chi connectivity index (χ1) is 13.0. The number of piperidine rings is 1. The Morgan fingerprint density at radius 2 is 1.74 bits per heavy atom. The molecular formula is C21H29N3O3. The molecule has 0 bridgehead atoms. The number of nitrogens with one attached hydrogen (secondary N) is 2. The molecule has 0 spiro atoms. The number of carbonyl (C=O) groups is 3. The quantitative estimate of drug-likeness (QED) is 0.807. The van der Waals surface area contributed by atoms with Crippen LogP contribution in [-0.2, 0) is 9.59 Å². The molecule has 1 saturated carbocycles. The number of nitrogens with zero attached hydrogens (tertiary/aromatic N) is 1. The third kappa shape index (κ3) is 4.87. The Morgan fingerprint density at radius 3 is 2.37 bits per heavy atom. The van der Waals surface area contributed by atoms with E-state index in [1.807, 2.05) is 24.8 Å². The molecule has 2 N–H and O–H groups in total. The number of anilines is 1. The van der Waals surface area contributed by atoms with Crippen molar-refractivity contribution in [2.24, 2.45) is 11.8 Å². The van der Waals surface area contributed by atoms with E-state index >= 15 is 0 Å². The van der Waals surface area contributed by atoms with Gasteiger partial charge in [-0.1, -0.05) is 19.1 Å². The maximum Gasteiger partial charge on any atom is 0.253 e. The smallest absolute Gasteiger partial charge is 0.253 e. The van der Waals surface area contributed by atoms with Crippen LogP contribution >= 0.6 is 0 Å². The van der Waals surface area contributed by atoms with Crippen molar-refractivity contribution in [1.29, 1.82) is 0 Å². The van der Waals surface area contributed by atoms with Crippen molar-refractivity contribution in [3.63, 3.8) is 0 Å². The van der Waals surface area contributed by atoms with E-state index in [4.69, 9.17) is 0 Å². The number of benzene rings is 1. The molecular weight excluding hydrogens is 342 g/mol. The molecule has 0 aromatic heterocycles. The average molecular weight is 371 g/mol. The fraction of sp³-hybridized carbons (Fsp3) is 0.571. The molecule has 1 heterocycles. The van der Waals surface area contributed by atoms with E-state index in [1.54, 1.807) is 18.2 Å². The Labute approximate surface area is 160 Å². The summed E-state index contributed by atoms with van der Waals surface area (Å²) in [5, 5.41) is 5.87. The van der Waals surface area contributed by atoms with Gasteiger partial charge in [-0.25, -0.2) is 0 Å². The zero-order valence-electron chi connectivity index (χ0n) is 16.2. The number of carbonyl (C=O) groups excluding carboxylic acids is 3. The first kappa shape index (κ1) is 19.4. The van der Waals surface area contributed by atoms with Crippen LogP contribution in [0.5, 0.6) is 0 Å². The van der Waals surface area contributed by atoms with Gasteiger partial charge in [0.15, 0.2) is 0 Å². The molecule has 1 aliphatic carbocycles. The van der Waals surface area contributed by atoms with Crippen LogP contribution in [0, 0.1) is 11.8 Å². The van der Waals surface area contributed by atoms with Crippen molar-refractivity contribution in [3.05, 3.63) is 29.8 Å². The van der Waals surface area contributed by atoms with Gasteiger partial charge >= 0.3 is 0 Å². The highest BCUT2D eigenvalue weighted by Gasteiger charge is 2.36. The average Bonchev–Trinajstić information content (AvgIpc) is 3.53. The van der Waals surface area contributed by atoms with E-state index in [9.17, 15) is 14.4 Å². The SMILES string of the molecule is CC[C@H](C)NC(=O)c1ccccc1NC(=O)C1CCN(C(=O)C2CC2)CC1. The zero-order chi connectivity index (χ0) is 19.4. The summed E-state index contributed by atoms with van der Waals surface area (Å²) in [5.74, 6) is 0.105. The van der Waals surface area contributed by atoms with Crippen LogP contribution in [0.4, 0.5) is 5.69 Å². The summed E-state index contributed by atoms with van der Waals surface area (Å²) < 4.78 is 0. The largest absolute Gasteiger partial charge is 0.350 e. The number of hydrogen-bond acceptors (Lipinski definition) is 3. The Kier molecular flexibility index (Phi) is 6.14. The maximum atomic E-state index is 12.7. The first-order valence-electron chi connectivity index (χ1n) is 9.99.